The van der Waals surface area contributed by atoms with E-state index in [1.807, 2.05) is 27.0 Å². The average molecular weight is 387 g/mol. The topological polar surface area (TPSA) is 63.4 Å². The van der Waals surface area contributed by atoms with Gasteiger partial charge in [-0.3, -0.25) is 4.79 Å². The molecular formula is C19H22FN5OS. The molecule has 0 aliphatic carbocycles. The standard InChI is InChI=1S/C19H22FN5OS/c1-11-16(13(3)25-18(21-11)22-19(23-25)27-5)10-17(26)24(4)12(2)14-6-8-15(20)9-7-14/h6-9,12H,10H2,1-5H3. The highest BCUT2D eigenvalue weighted by Crippen LogP contribution is 2.22. The van der Waals surface area contributed by atoms with Crippen LogP contribution in [0.5, 0.6) is 0 Å². The van der Waals surface area contributed by atoms with E-state index in [9.17, 15) is 9.18 Å². The van der Waals surface area contributed by atoms with E-state index in [-0.39, 0.29) is 24.2 Å². The lowest BCUT2D eigenvalue weighted by Crippen LogP contribution is -2.31. The van der Waals surface area contributed by atoms with E-state index in [0.29, 0.717) is 10.9 Å². The molecule has 0 saturated carbocycles. The minimum atomic E-state index is -0.289. The number of benzene rings is 1. The van der Waals surface area contributed by atoms with Gasteiger partial charge >= 0.3 is 0 Å². The summed E-state index contributed by atoms with van der Waals surface area (Å²) in [7, 11) is 1.76. The van der Waals surface area contributed by atoms with Crippen molar-refractivity contribution < 1.29 is 9.18 Å². The molecule has 1 atom stereocenters. The number of fused-ring (bicyclic) bond motifs is 1. The Hall–Kier alpha value is -2.48. The van der Waals surface area contributed by atoms with E-state index in [4.69, 9.17) is 0 Å². The van der Waals surface area contributed by atoms with Crippen molar-refractivity contribution in [3.8, 4) is 0 Å². The third-order valence-electron chi connectivity index (χ3n) is 4.87. The van der Waals surface area contributed by atoms with Crippen LogP contribution >= 0.6 is 11.8 Å². The summed E-state index contributed by atoms with van der Waals surface area (Å²) >= 11 is 1.45. The molecule has 0 radical (unpaired) electrons. The fraction of sp³-hybridized carbons (Fsp3) is 0.368. The second kappa shape index (κ2) is 7.64. The van der Waals surface area contributed by atoms with Gasteiger partial charge in [-0.15, -0.1) is 5.10 Å². The summed E-state index contributed by atoms with van der Waals surface area (Å²) in [4.78, 5) is 23.4. The van der Waals surface area contributed by atoms with Gasteiger partial charge in [0.05, 0.1) is 12.5 Å². The fourth-order valence-corrected chi connectivity index (χ4v) is 3.33. The highest BCUT2D eigenvalue weighted by molar-refractivity contribution is 7.98. The van der Waals surface area contributed by atoms with Crippen molar-refractivity contribution in [2.45, 2.75) is 38.4 Å². The van der Waals surface area contributed by atoms with Gasteiger partial charge in [0.15, 0.2) is 0 Å². The van der Waals surface area contributed by atoms with Gasteiger partial charge in [0.2, 0.25) is 11.1 Å². The lowest BCUT2D eigenvalue weighted by Gasteiger charge is -2.26. The molecule has 6 nitrogen and oxygen atoms in total. The van der Waals surface area contributed by atoms with Crippen LogP contribution in [0.3, 0.4) is 0 Å². The number of aromatic nitrogens is 4. The Kier molecular flexibility index (Phi) is 5.46. The number of hydrogen-bond acceptors (Lipinski definition) is 5. The molecule has 8 heteroatoms. The van der Waals surface area contributed by atoms with E-state index < -0.39 is 0 Å². The van der Waals surface area contributed by atoms with E-state index in [2.05, 4.69) is 15.1 Å². The van der Waals surface area contributed by atoms with Crippen molar-refractivity contribution in [1.29, 1.82) is 0 Å². The number of thioether (sulfide) groups is 1. The van der Waals surface area contributed by atoms with Crippen LogP contribution in [0.2, 0.25) is 0 Å². The molecule has 0 aliphatic heterocycles. The smallest absolute Gasteiger partial charge is 0.253 e. The molecule has 0 bridgehead atoms. The maximum atomic E-state index is 13.1. The SMILES string of the molecule is CSc1nc2nc(C)c(CC(=O)N(C)C(C)c3ccc(F)cc3)c(C)n2n1. The second-order valence-electron chi connectivity index (χ2n) is 6.48. The maximum Gasteiger partial charge on any atom is 0.253 e. The van der Waals surface area contributed by atoms with Crippen molar-refractivity contribution >= 4 is 23.4 Å². The molecule has 2 aromatic heterocycles. The third kappa shape index (κ3) is 3.80. The molecule has 3 rings (SSSR count). The van der Waals surface area contributed by atoms with E-state index in [1.54, 1.807) is 28.6 Å². The predicted molar refractivity (Wildman–Crippen MR) is 103 cm³/mol. The molecule has 1 unspecified atom stereocenters. The van der Waals surface area contributed by atoms with Crippen molar-refractivity contribution in [2.24, 2.45) is 0 Å². The normalized spacial score (nSPS) is 12.4. The molecule has 0 fully saturated rings. The molecule has 1 amide bonds. The number of amides is 1. The van der Waals surface area contributed by atoms with Crippen molar-refractivity contribution in [2.75, 3.05) is 13.3 Å². The second-order valence-corrected chi connectivity index (χ2v) is 7.25. The van der Waals surface area contributed by atoms with Crippen LogP contribution in [-0.4, -0.2) is 43.7 Å². The van der Waals surface area contributed by atoms with Crippen LogP contribution in [0.15, 0.2) is 29.4 Å². The van der Waals surface area contributed by atoms with E-state index in [0.717, 1.165) is 22.5 Å². The quantitative estimate of drug-likeness (QED) is 0.628. The van der Waals surface area contributed by atoms with Gasteiger partial charge in [0.1, 0.15) is 5.82 Å². The zero-order valence-electron chi connectivity index (χ0n) is 16.0. The summed E-state index contributed by atoms with van der Waals surface area (Å²) in [6.07, 6.45) is 2.13. The molecule has 2 heterocycles. The van der Waals surface area contributed by atoms with Gasteiger partial charge in [0, 0.05) is 24.0 Å². The lowest BCUT2D eigenvalue weighted by molar-refractivity contribution is -0.131. The van der Waals surface area contributed by atoms with Crippen LogP contribution in [0, 0.1) is 19.7 Å². The zero-order valence-corrected chi connectivity index (χ0v) is 16.8. The number of likely N-dealkylation sites (N-methyl/N-ethyl adjacent to an activating group) is 1. The molecule has 3 aromatic rings. The van der Waals surface area contributed by atoms with Gasteiger partial charge in [-0.1, -0.05) is 23.9 Å². The number of hydrogen-bond donors (Lipinski definition) is 0. The third-order valence-corrected chi connectivity index (χ3v) is 5.40. The van der Waals surface area contributed by atoms with Crippen LogP contribution in [0.25, 0.3) is 5.78 Å². The lowest BCUT2D eigenvalue weighted by atomic mass is 10.0. The van der Waals surface area contributed by atoms with Crippen LogP contribution in [0.1, 0.15) is 35.5 Å². The minimum Gasteiger partial charge on any atom is -0.339 e. The number of rotatable bonds is 5. The molecule has 1 aromatic carbocycles. The summed E-state index contributed by atoms with van der Waals surface area (Å²) < 4.78 is 14.8. The Balaban J connectivity index is 1.85. The largest absolute Gasteiger partial charge is 0.339 e. The molecular weight excluding hydrogens is 365 g/mol. The van der Waals surface area contributed by atoms with Gasteiger partial charge in [-0.25, -0.2) is 13.9 Å². The van der Waals surface area contributed by atoms with Crippen LogP contribution in [0.4, 0.5) is 4.39 Å². The Morgan fingerprint density at radius 3 is 2.56 bits per heavy atom. The molecule has 0 aliphatic rings. The van der Waals surface area contributed by atoms with Gasteiger partial charge in [-0.05, 0) is 44.7 Å². The minimum absolute atomic E-state index is 0.0376. The number of nitrogens with zero attached hydrogens (tertiary/aromatic N) is 5. The monoisotopic (exact) mass is 387 g/mol. The Morgan fingerprint density at radius 1 is 1.26 bits per heavy atom. The van der Waals surface area contributed by atoms with Crippen molar-refractivity contribution in [3.05, 3.63) is 52.6 Å². The van der Waals surface area contributed by atoms with Gasteiger partial charge < -0.3 is 4.90 Å². The summed E-state index contributed by atoms with van der Waals surface area (Å²) in [5.74, 6) is 0.214. The van der Waals surface area contributed by atoms with Crippen LogP contribution in [-0.2, 0) is 11.2 Å². The van der Waals surface area contributed by atoms with Gasteiger partial charge in [0.25, 0.3) is 5.78 Å². The molecule has 0 saturated heterocycles. The Morgan fingerprint density at radius 2 is 1.93 bits per heavy atom. The van der Waals surface area contributed by atoms with Crippen molar-refractivity contribution in [3.63, 3.8) is 0 Å². The van der Waals surface area contributed by atoms with Crippen molar-refractivity contribution in [1.82, 2.24) is 24.5 Å². The van der Waals surface area contributed by atoms with E-state index in [1.165, 1.54) is 23.9 Å². The maximum absolute atomic E-state index is 13.1. The predicted octanol–water partition coefficient (Wildman–Crippen LogP) is 3.36. The summed E-state index contributed by atoms with van der Waals surface area (Å²) in [6.45, 7) is 5.73. The molecule has 27 heavy (non-hydrogen) atoms. The molecule has 142 valence electrons. The number of halogens is 1. The Labute approximate surface area is 161 Å². The van der Waals surface area contributed by atoms with E-state index >= 15 is 0 Å². The zero-order chi connectivity index (χ0) is 19.7. The van der Waals surface area contributed by atoms with Crippen LogP contribution < -0.4 is 0 Å². The van der Waals surface area contributed by atoms with Gasteiger partial charge in [-0.2, -0.15) is 4.98 Å². The average Bonchev–Trinajstić information content (AvgIpc) is 3.07. The molecule has 0 spiro atoms. The highest BCUT2D eigenvalue weighted by atomic mass is 32.2. The highest BCUT2D eigenvalue weighted by Gasteiger charge is 2.21. The first-order valence-corrected chi connectivity index (χ1v) is 9.82. The fourth-order valence-electron chi connectivity index (χ4n) is 2.99. The first kappa shape index (κ1) is 19.3. The summed E-state index contributed by atoms with van der Waals surface area (Å²) in [5.41, 5.74) is 3.37. The number of carbonyl (C=O) groups is 1. The Bertz CT molecular complexity index is 986. The number of carbonyl (C=O) groups excluding carboxylic acids is 1. The molecule has 0 N–H and O–H groups in total. The first-order chi connectivity index (χ1) is 12.8. The first-order valence-electron chi connectivity index (χ1n) is 8.59. The number of aryl methyl sites for hydroxylation is 2. The summed E-state index contributed by atoms with van der Waals surface area (Å²) in [6, 6.07) is 6.06. The summed E-state index contributed by atoms with van der Waals surface area (Å²) in [5, 5.41) is 5.07.